The summed E-state index contributed by atoms with van der Waals surface area (Å²) in [6, 6.07) is 12.2. The molecule has 1 aromatic carbocycles. The molecule has 156 valence electrons. The van der Waals surface area contributed by atoms with Gasteiger partial charge in [-0.3, -0.25) is 4.79 Å². The monoisotopic (exact) mass is 435 g/mol. The number of nitrogens with zero attached hydrogens (tertiary/aromatic N) is 3. The second-order valence-corrected chi connectivity index (χ2v) is 7.36. The number of halogens is 2. The summed E-state index contributed by atoms with van der Waals surface area (Å²) in [6.45, 7) is 5.97. The fraction of sp³-hybridized carbons (Fsp3) is 0.381. The number of amides is 1. The van der Waals surface area contributed by atoms with Crippen molar-refractivity contribution in [3.8, 4) is 11.3 Å². The van der Waals surface area contributed by atoms with Gasteiger partial charge in [-0.2, -0.15) is 5.10 Å². The van der Waals surface area contributed by atoms with Crippen molar-refractivity contribution in [2.75, 3.05) is 13.1 Å². The molecule has 1 aliphatic rings. The summed E-state index contributed by atoms with van der Waals surface area (Å²) < 4.78 is 1.88. The van der Waals surface area contributed by atoms with Gasteiger partial charge < -0.3 is 10.6 Å². The van der Waals surface area contributed by atoms with Gasteiger partial charge in [0.15, 0.2) is 5.65 Å². The summed E-state index contributed by atoms with van der Waals surface area (Å²) in [5.41, 5.74) is 3.16. The molecule has 1 amide bonds. The molecule has 3 aromatic rings. The van der Waals surface area contributed by atoms with Crippen LogP contribution in [0.2, 0.25) is 0 Å². The number of pyridine rings is 1. The van der Waals surface area contributed by atoms with Crippen molar-refractivity contribution in [2.45, 2.75) is 38.8 Å². The normalized spacial score (nSPS) is 16.2. The summed E-state index contributed by atoms with van der Waals surface area (Å²) in [6.07, 6.45) is 3.84. The van der Waals surface area contributed by atoms with E-state index in [0.717, 1.165) is 48.2 Å². The molecule has 1 fully saturated rings. The molecule has 1 saturated heterocycles. The number of hydrogen-bond acceptors (Lipinski definition) is 4. The molecule has 0 radical (unpaired) electrons. The van der Waals surface area contributed by atoms with Gasteiger partial charge in [0.05, 0.1) is 22.8 Å². The van der Waals surface area contributed by atoms with E-state index in [1.165, 1.54) is 0 Å². The van der Waals surface area contributed by atoms with E-state index in [0.29, 0.717) is 5.56 Å². The van der Waals surface area contributed by atoms with Crippen molar-refractivity contribution in [3.05, 3.63) is 48.2 Å². The highest BCUT2D eigenvalue weighted by atomic mass is 35.5. The van der Waals surface area contributed by atoms with E-state index in [1.807, 2.05) is 41.1 Å². The Hall–Kier alpha value is -2.15. The molecular weight excluding hydrogens is 409 g/mol. The van der Waals surface area contributed by atoms with Crippen molar-refractivity contribution in [2.24, 2.45) is 0 Å². The Balaban J connectivity index is 0.00000150. The number of benzene rings is 1. The van der Waals surface area contributed by atoms with E-state index < -0.39 is 0 Å². The van der Waals surface area contributed by atoms with Gasteiger partial charge in [-0.1, -0.05) is 30.3 Å². The molecular formula is C21H27Cl2N5O. The molecule has 3 heterocycles. The SMILES string of the molecule is CC(C)n1ncc2c(C(=O)N[C@H]3CCCNC3)cc(-c3ccccc3)nc21.Cl.Cl. The molecule has 1 atom stereocenters. The largest absolute Gasteiger partial charge is 0.348 e. The first-order valence-electron chi connectivity index (χ1n) is 9.59. The third-order valence-electron chi connectivity index (χ3n) is 5.00. The van der Waals surface area contributed by atoms with E-state index in [9.17, 15) is 4.79 Å². The van der Waals surface area contributed by atoms with Gasteiger partial charge in [0.1, 0.15) is 0 Å². The van der Waals surface area contributed by atoms with Gasteiger partial charge in [0, 0.05) is 24.2 Å². The minimum atomic E-state index is -0.0587. The molecule has 8 heteroatoms. The average molecular weight is 436 g/mol. The standard InChI is InChI=1S/C21H25N5O.2ClH/c1-14(2)26-20-18(13-23-26)17(21(27)24-16-9-6-10-22-12-16)11-19(25-20)15-7-4-3-5-8-15;;/h3-5,7-8,11,13-14,16,22H,6,9-10,12H2,1-2H3,(H,24,27);2*1H/t16-;;/m0../s1. The van der Waals surface area contributed by atoms with Gasteiger partial charge in [-0.25, -0.2) is 9.67 Å². The van der Waals surface area contributed by atoms with Crippen LogP contribution in [0.25, 0.3) is 22.3 Å². The Morgan fingerprint density at radius 2 is 2.00 bits per heavy atom. The molecule has 0 aliphatic carbocycles. The number of hydrogen-bond donors (Lipinski definition) is 2. The minimum absolute atomic E-state index is 0. The molecule has 4 rings (SSSR count). The predicted molar refractivity (Wildman–Crippen MR) is 121 cm³/mol. The van der Waals surface area contributed by atoms with Crippen molar-refractivity contribution < 1.29 is 4.79 Å². The van der Waals surface area contributed by atoms with Gasteiger partial charge in [-0.15, -0.1) is 24.8 Å². The van der Waals surface area contributed by atoms with E-state index in [1.54, 1.807) is 6.20 Å². The van der Waals surface area contributed by atoms with Crippen LogP contribution in [-0.4, -0.2) is 39.8 Å². The Morgan fingerprint density at radius 3 is 2.66 bits per heavy atom. The predicted octanol–water partition coefficient (Wildman–Crippen LogP) is 4.00. The Kier molecular flexibility index (Phi) is 8.02. The van der Waals surface area contributed by atoms with Gasteiger partial charge >= 0.3 is 0 Å². The van der Waals surface area contributed by atoms with Gasteiger partial charge in [-0.05, 0) is 39.3 Å². The van der Waals surface area contributed by atoms with Gasteiger partial charge in [0.25, 0.3) is 5.91 Å². The first-order valence-corrected chi connectivity index (χ1v) is 9.59. The highest BCUT2D eigenvalue weighted by molar-refractivity contribution is 6.06. The molecule has 6 nitrogen and oxygen atoms in total. The maximum absolute atomic E-state index is 13.1. The summed E-state index contributed by atoms with van der Waals surface area (Å²) in [5.74, 6) is -0.0587. The molecule has 2 aromatic heterocycles. The van der Waals surface area contributed by atoms with Gasteiger partial charge in [0.2, 0.25) is 0 Å². The lowest BCUT2D eigenvalue weighted by Gasteiger charge is -2.24. The zero-order valence-corrected chi connectivity index (χ0v) is 18.2. The van der Waals surface area contributed by atoms with Crippen LogP contribution in [0.1, 0.15) is 43.1 Å². The van der Waals surface area contributed by atoms with Crippen LogP contribution in [0, 0.1) is 0 Å². The maximum Gasteiger partial charge on any atom is 0.252 e. The fourth-order valence-electron chi connectivity index (χ4n) is 3.58. The van der Waals surface area contributed by atoms with Crippen LogP contribution in [0.3, 0.4) is 0 Å². The first-order chi connectivity index (χ1) is 13.1. The van der Waals surface area contributed by atoms with E-state index in [4.69, 9.17) is 4.98 Å². The van der Waals surface area contributed by atoms with Crippen molar-refractivity contribution in [1.29, 1.82) is 0 Å². The third-order valence-corrected chi connectivity index (χ3v) is 5.00. The number of carbonyl (C=O) groups is 1. The molecule has 29 heavy (non-hydrogen) atoms. The number of piperidine rings is 1. The topological polar surface area (TPSA) is 71.8 Å². The quantitative estimate of drug-likeness (QED) is 0.649. The summed E-state index contributed by atoms with van der Waals surface area (Å²) in [5, 5.41) is 11.8. The lowest BCUT2D eigenvalue weighted by atomic mass is 10.0. The number of carbonyl (C=O) groups excluding carboxylic acids is 1. The Labute approximate surface area is 183 Å². The summed E-state index contributed by atoms with van der Waals surface area (Å²) in [4.78, 5) is 17.9. The molecule has 0 saturated carbocycles. The average Bonchev–Trinajstić information content (AvgIpc) is 3.13. The van der Waals surface area contributed by atoms with Crippen LogP contribution in [0.5, 0.6) is 0 Å². The highest BCUT2D eigenvalue weighted by Gasteiger charge is 2.21. The summed E-state index contributed by atoms with van der Waals surface area (Å²) in [7, 11) is 0. The van der Waals surface area contributed by atoms with Crippen molar-refractivity contribution in [3.63, 3.8) is 0 Å². The number of nitrogens with one attached hydrogen (secondary N) is 2. The maximum atomic E-state index is 13.1. The van der Waals surface area contributed by atoms with Crippen LogP contribution >= 0.6 is 24.8 Å². The van der Waals surface area contributed by atoms with Crippen LogP contribution in [0.4, 0.5) is 0 Å². The second-order valence-electron chi connectivity index (χ2n) is 7.36. The van der Waals surface area contributed by atoms with Crippen molar-refractivity contribution >= 4 is 41.8 Å². The van der Waals surface area contributed by atoms with Crippen LogP contribution < -0.4 is 10.6 Å². The number of aromatic nitrogens is 3. The third kappa shape index (κ3) is 4.89. The zero-order chi connectivity index (χ0) is 18.8. The minimum Gasteiger partial charge on any atom is -0.348 e. The zero-order valence-electron chi connectivity index (χ0n) is 16.6. The molecule has 2 N–H and O–H groups in total. The van der Waals surface area contributed by atoms with Crippen molar-refractivity contribution in [1.82, 2.24) is 25.4 Å². The number of fused-ring (bicyclic) bond motifs is 1. The lowest BCUT2D eigenvalue weighted by molar-refractivity contribution is 0.0932. The van der Waals surface area contributed by atoms with Crippen LogP contribution in [-0.2, 0) is 0 Å². The lowest BCUT2D eigenvalue weighted by Crippen LogP contribution is -2.45. The number of rotatable bonds is 4. The van der Waals surface area contributed by atoms with E-state index in [2.05, 4.69) is 29.6 Å². The van der Waals surface area contributed by atoms with E-state index >= 15 is 0 Å². The molecule has 0 spiro atoms. The van der Waals surface area contributed by atoms with Crippen LogP contribution in [0.15, 0.2) is 42.6 Å². The molecule has 1 aliphatic heterocycles. The highest BCUT2D eigenvalue weighted by Crippen LogP contribution is 2.26. The Bertz CT molecular complexity index is 952. The Morgan fingerprint density at radius 1 is 1.24 bits per heavy atom. The molecule has 0 unspecified atom stereocenters. The second kappa shape index (κ2) is 10.1. The van der Waals surface area contributed by atoms with E-state index in [-0.39, 0.29) is 42.8 Å². The fourth-order valence-corrected chi connectivity index (χ4v) is 3.58. The summed E-state index contributed by atoms with van der Waals surface area (Å²) >= 11 is 0. The first kappa shape index (κ1) is 23.1. The molecule has 0 bridgehead atoms. The smallest absolute Gasteiger partial charge is 0.252 e.